The molecule has 1 radical (unpaired) electrons. The molecule has 1 heteroatoms. The van der Waals surface area contributed by atoms with Gasteiger partial charge in [-0.25, -0.2) is 5.11 Å². The Kier molecular flexibility index (Phi) is 1.74. The molecule has 0 aromatic carbocycles. The Morgan fingerprint density at radius 2 is 1.77 bits per heavy atom. The van der Waals surface area contributed by atoms with Gasteiger partial charge in [0.1, 0.15) is 5.60 Å². The van der Waals surface area contributed by atoms with Crippen LogP contribution in [0.5, 0.6) is 0 Å². The van der Waals surface area contributed by atoms with Crippen molar-refractivity contribution < 1.29 is 5.11 Å². The zero-order valence-corrected chi connectivity index (χ0v) is 8.30. The maximum absolute atomic E-state index is 12.3. The Morgan fingerprint density at radius 3 is 2.69 bits per heavy atom. The van der Waals surface area contributed by atoms with Crippen LogP contribution in [0.15, 0.2) is 0 Å². The number of hydrogen-bond acceptors (Lipinski definition) is 0. The predicted molar refractivity (Wildman–Crippen MR) is 50.8 cm³/mol. The first kappa shape index (κ1) is 8.28. The van der Waals surface area contributed by atoms with Crippen LogP contribution < -0.4 is 0 Å². The summed E-state index contributed by atoms with van der Waals surface area (Å²) in [5.41, 5.74) is -0.486. The monoisotopic (exact) mass is 179 g/mol. The average molecular weight is 179 g/mol. The van der Waals surface area contributed by atoms with E-state index in [1.807, 2.05) is 0 Å². The van der Waals surface area contributed by atoms with E-state index in [0.29, 0.717) is 0 Å². The summed E-state index contributed by atoms with van der Waals surface area (Å²) in [6.45, 7) is 0. The summed E-state index contributed by atoms with van der Waals surface area (Å²) < 4.78 is 0. The highest BCUT2D eigenvalue weighted by Gasteiger charge is 2.45. The fraction of sp³-hybridized carbons (Fsp3) is 1.00. The largest absolute Gasteiger partial charge is 0.229 e. The van der Waals surface area contributed by atoms with Crippen LogP contribution in [0.25, 0.3) is 0 Å². The fourth-order valence-corrected chi connectivity index (χ4v) is 4.04. The lowest BCUT2D eigenvalue weighted by Crippen LogP contribution is -2.37. The highest BCUT2D eigenvalue weighted by atomic mass is 16.3. The van der Waals surface area contributed by atoms with E-state index in [1.165, 1.54) is 32.1 Å². The van der Waals surface area contributed by atoms with Crippen molar-refractivity contribution in [3.05, 3.63) is 0 Å². The Bertz CT molecular complexity index is 213. The Labute approximate surface area is 80.5 Å². The van der Waals surface area contributed by atoms with Crippen molar-refractivity contribution in [1.29, 1.82) is 0 Å². The van der Waals surface area contributed by atoms with Crippen LogP contribution in [-0.2, 0) is 5.11 Å². The molecule has 3 aliphatic carbocycles. The number of fused-ring (bicyclic) bond motifs is 2. The molecule has 4 atom stereocenters. The topological polar surface area (TPSA) is 19.9 Å². The fourth-order valence-electron chi connectivity index (χ4n) is 4.04. The van der Waals surface area contributed by atoms with Gasteiger partial charge in [-0.2, -0.15) is 0 Å². The molecule has 0 saturated heterocycles. The summed E-state index contributed by atoms with van der Waals surface area (Å²) in [5, 5.41) is 12.3. The van der Waals surface area contributed by atoms with Gasteiger partial charge in [-0.3, -0.25) is 0 Å². The minimum absolute atomic E-state index is 0.486. The molecule has 0 N–H and O–H groups in total. The van der Waals surface area contributed by atoms with Gasteiger partial charge in [0.05, 0.1) is 0 Å². The van der Waals surface area contributed by atoms with Gasteiger partial charge in [-0.05, 0) is 62.7 Å². The van der Waals surface area contributed by atoms with E-state index >= 15 is 0 Å². The van der Waals surface area contributed by atoms with E-state index < -0.39 is 5.60 Å². The summed E-state index contributed by atoms with van der Waals surface area (Å²) in [7, 11) is 0. The van der Waals surface area contributed by atoms with Crippen LogP contribution in [0, 0.1) is 17.8 Å². The first-order valence-corrected chi connectivity index (χ1v) is 5.96. The van der Waals surface area contributed by atoms with Crippen molar-refractivity contribution in [2.45, 2.75) is 57.0 Å². The van der Waals surface area contributed by atoms with E-state index in [1.54, 1.807) is 0 Å². The summed E-state index contributed by atoms with van der Waals surface area (Å²) >= 11 is 0. The van der Waals surface area contributed by atoms with Crippen LogP contribution >= 0.6 is 0 Å². The summed E-state index contributed by atoms with van der Waals surface area (Å²) in [5.74, 6) is 2.69. The lowest BCUT2D eigenvalue weighted by Gasteiger charge is -2.41. The van der Waals surface area contributed by atoms with Crippen molar-refractivity contribution in [3.8, 4) is 0 Å². The van der Waals surface area contributed by atoms with Gasteiger partial charge in [-0.15, -0.1) is 0 Å². The van der Waals surface area contributed by atoms with E-state index in [4.69, 9.17) is 0 Å². The van der Waals surface area contributed by atoms with Crippen molar-refractivity contribution >= 4 is 0 Å². The van der Waals surface area contributed by atoms with Crippen LogP contribution in [-0.4, -0.2) is 5.60 Å². The molecule has 0 aromatic rings. The van der Waals surface area contributed by atoms with Crippen molar-refractivity contribution in [3.63, 3.8) is 0 Å². The highest BCUT2D eigenvalue weighted by molar-refractivity contribution is 4.96. The number of hydrogen-bond donors (Lipinski definition) is 0. The quantitative estimate of drug-likeness (QED) is 0.544. The smallest absolute Gasteiger partial charge is 0.104 e. The van der Waals surface area contributed by atoms with E-state index in [2.05, 4.69) is 0 Å². The van der Waals surface area contributed by atoms with Gasteiger partial charge < -0.3 is 0 Å². The van der Waals surface area contributed by atoms with Gasteiger partial charge >= 0.3 is 0 Å². The summed E-state index contributed by atoms with van der Waals surface area (Å²) in [6, 6.07) is 0. The Morgan fingerprint density at radius 1 is 0.923 bits per heavy atom. The molecule has 73 valence electrons. The number of rotatable bonds is 0. The minimum atomic E-state index is -0.486. The molecule has 0 aromatic heterocycles. The molecular weight excluding hydrogens is 160 g/mol. The second-order valence-electron chi connectivity index (χ2n) is 5.66. The average Bonchev–Trinajstić information content (AvgIpc) is 2.20. The molecular formula is C12H19O. The third-order valence-corrected chi connectivity index (χ3v) is 4.86. The molecule has 0 spiro atoms. The van der Waals surface area contributed by atoms with Gasteiger partial charge in [0.15, 0.2) is 0 Å². The van der Waals surface area contributed by atoms with E-state index in [0.717, 1.165) is 37.0 Å². The molecule has 3 bridgehead atoms. The Hall–Kier alpha value is -0.0400. The standard InChI is InChI=1S/C12H19O/c13-12-5-3-9-1-2-10(4-6-12)11(7-9)8-12/h9-11H,1-8H2. The molecule has 3 rings (SSSR count). The third-order valence-electron chi connectivity index (χ3n) is 4.86. The SMILES string of the molecule is [O]C12CCC3CCC(CC1)C(C3)C2. The molecule has 4 unspecified atom stereocenters. The van der Waals surface area contributed by atoms with Crippen molar-refractivity contribution in [1.82, 2.24) is 0 Å². The molecule has 3 saturated carbocycles. The van der Waals surface area contributed by atoms with Crippen LogP contribution in [0.1, 0.15) is 51.4 Å². The van der Waals surface area contributed by atoms with Gasteiger partial charge in [0.2, 0.25) is 0 Å². The first-order valence-electron chi connectivity index (χ1n) is 5.96. The van der Waals surface area contributed by atoms with Crippen molar-refractivity contribution in [2.75, 3.05) is 0 Å². The molecule has 13 heavy (non-hydrogen) atoms. The second-order valence-corrected chi connectivity index (χ2v) is 5.66. The predicted octanol–water partition coefficient (Wildman–Crippen LogP) is 3.17. The van der Waals surface area contributed by atoms with Crippen molar-refractivity contribution in [2.24, 2.45) is 17.8 Å². The van der Waals surface area contributed by atoms with Crippen LogP contribution in [0.2, 0.25) is 0 Å². The molecule has 1 nitrogen and oxygen atoms in total. The van der Waals surface area contributed by atoms with Crippen LogP contribution in [0.4, 0.5) is 0 Å². The molecule has 0 heterocycles. The molecule has 0 amide bonds. The zero-order valence-electron chi connectivity index (χ0n) is 8.30. The van der Waals surface area contributed by atoms with Gasteiger partial charge in [-0.1, -0.05) is 6.42 Å². The molecule has 3 aliphatic rings. The summed E-state index contributed by atoms with van der Waals surface area (Å²) in [4.78, 5) is 0. The lowest BCUT2D eigenvalue weighted by atomic mass is 9.66. The van der Waals surface area contributed by atoms with E-state index in [9.17, 15) is 5.11 Å². The molecule has 3 fully saturated rings. The minimum Gasteiger partial charge on any atom is -0.229 e. The Balaban J connectivity index is 1.89. The normalized spacial score (nSPS) is 54.7. The van der Waals surface area contributed by atoms with Crippen LogP contribution in [0.3, 0.4) is 0 Å². The first-order chi connectivity index (χ1) is 6.25. The molecule has 0 aliphatic heterocycles. The summed E-state index contributed by atoms with van der Waals surface area (Å²) in [6.07, 6.45) is 9.75. The maximum atomic E-state index is 12.3. The lowest BCUT2D eigenvalue weighted by molar-refractivity contribution is -0.0877. The highest BCUT2D eigenvalue weighted by Crippen LogP contribution is 2.51. The second kappa shape index (κ2) is 2.73. The van der Waals surface area contributed by atoms with E-state index in [-0.39, 0.29) is 0 Å². The maximum Gasteiger partial charge on any atom is 0.104 e. The zero-order chi connectivity index (χ0) is 8.89. The van der Waals surface area contributed by atoms with Gasteiger partial charge in [0.25, 0.3) is 0 Å². The third kappa shape index (κ3) is 1.32. The van der Waals surface area contributed by atoms with Gasteiger partial charge in [0, 0.05) is 0 Å².